The summed E-state index contributed by atoms with van der Waals surface area (Å²) < 4.78 is 4.34. The highest BCUT2D eigenvalue weighted by atomic mass is 28.2. The molecule has 0 spiro atoms. The minimum Gasteiger partial charge on any atom is -0.358 e. The molecule has 2 aromatic rings. The lowest BCUT2D eigenvalue weighted by Crippen LogP contribution is -2.34. The molecule has 2 aromatic heterocycles. The summed E-state index contributed by atoms with van der Waals surface area (Å²) in [6.45, 7) is 0. The molecule has 2 rings (SSSR count). The van der Waals surface area contributed by atoms with Crippen LogP contribution in [0.25, 0.3) is 0 Å². The monoisotopic (exact) mass is 188 g/mol. The maximum atomic E-state index is 2.17. The molecular formula is C10H12N2Si. The minimum atomic E-state index is 0.749. The largest absolute Gasteiger partial charge is 0.358 e. The molecule has 0 saturated heterocycles. The Morgan fingerprint density at radius 1 is 0.923 bits per heavy atom. The van der Waals surface area contributed by atoms with E-state index >= 15 is 0 Å². The summed E-state index contributed by atoms with van der Waals surface area (Å²) in [6, 6.07) is 8.52. The number of aryl methyl sites for hydroxylation is 2. The van der Waals surface area contributed by atoms with E-state index < -0.39 is 0 Å². The van der Waals surface area contributed by atoms with Crippen molar-refractivity contribution in [3.63, 3.8) is 0 Å². The molecular weight excluding hydrogens is 176 g/mol. The number of hydrogen-bond acceptors (Lipinski definition) is 0. The molecule has 0 aliphatic rings. The summed E-state index contributed by atoms with van der Waals surface area (Å²) in [4.78, 5) is 0. The van der Waals surface area contributed by atoms with E-state index in [2.05, 4.69) is 59.9 Å². The van der Waals surface area contributed by atoms with Crippen LogP contribution in [0, 0.1) is 0 Å². The number of rotatable bonds is 2. The molecule has 0 N–H and O–H groups in total. The van der Waals surface area contributed by atoms with Gasteiger partial charge in [0.15, 0.2) is 9.52 Å². The Labute approximate surface area is 80.6 Å². The molecule has 0 aliphatic heterocycles. The Hall–Kier alpha value is -1.22. The molecule has 0 atom stereocenters. The lowest BCUT2D eigenvalue weighted by Gasteiger charge is -2.03. The maximum Gasteiger partial charge on any atom is 0.168 e. The van der Waals surface area contributed by atoms with Crippen molar-refractivity contribution in [2.45, 2.75) is 0 Å². The Balaban J connectivity index is 2.24. The fraction of sp³-hybridized carbons (Fsp3) is 0.200. The standard InChI is InChI=1S/C10H12N2Si/c1-11-7-3-5-9(11)13-10-6-4-8-12(10)2/h3-8H,1-2H3. The lowest BCUT2D eigenvalue weighted by molar-refractivity contribution is 0.947. The molecule has 0 bridgehead atoms. The smallest absolute Gasteiger partial charge is 0.168 e. The van der Waals surface area contributed by atoms with Gasteiger partial charge in [-0.15, -0.1) is 0 Å². The average Bonchev–Trinajstić information content (AvgIpc) is 2.65. The number of nitrogens with zero attached hydrogens (tertiary/aromatic N) is 2. The minimum absolute atomic E-state index is 0.749. The fourth-order valence-electron chi connectivity index (χ4n) is 1.31. The van der Waals surface area contributed by atoms with Crippen LogP contribution in [0.5, 0.6) is 0 Å². The van der Waals surface area contributed by atoms with Gasteiger partial charge in [0, 0.05) is 37.1 Å². The zero-order valence-corrected chi connectivity index (χ0v) is 8.86. The third-order valence-corrected chi connectivity index (χ3v) is 3.69. The van der Waals surface area contributed by atoms with Gasteiger partial charge in [-0.1, -0.05) is 0 Å². The summed E-state index contributed by atoms with van der Waals surface area (Å²) in [7, 11) is 4.93. The van der Waals surface area contributed by atoms with E-state index in [0.29, 0.717) is 0 Å². The van der Waals surface area contributed by atoms with Crippen molar-refractivity contribution in [2.24, 2.45) is 14.1 Å². The third kappa shape index (κ3) is 1.60. The molecule has 3 heteroatoms. The van der Waals surface area contributed by atoms with Gasteiger partial charge in [-0.3, -0.25) is 0 Å². The van der Waals surface area contributed by atoms with Crippen LogP contribution >= 0.6 is 0 Å². The molecule has 0 unspecified atom stereocenters. The third-order valence-electron chi connectivity index (χ3n) is 2.14. The summed E-state index contributed by atoms with van der Waals surface area (Å²) in [5.74, 6) is 0. The zero-order valence-electron chi connectivity index (χ0n) is 7.86. The molecule has 0 saturated carbocycles. The molecule has 0 amide bonds. The van der Waals surface area contributed by atoms with Crippen LogP contribution in [-0.2, 0) is 14.1 Å². The van der Waals surface area contributed by atoms with Crippen molar-refractivity contribution in [3.8, 4) is 0 Å². The molecule has 0 aromatic carbocycles. The van der Waals surface area contributed by atoms with Gasteiger partial charge in [-0.05, 0) is 24.3 Å². The second-order valence-corrected chi connectivity index (χ2v) is 4.41. The van der Waals surface area contributed by atoms with Crippen LogP contribution in [-0.4, -0.2) is 18.7 Å². The first-order valence-corrected chi connectivity index (χ1v) is 5.27. The lowest BCUT2D eigenvalue weighted by atomic mass is 10.7. The van der Waals surface area contributed by atoms with Crippen molar-refractivity contribution in [3.05, 3.63) is 36.7 Å². The topological polar surface area (TPSA) is 9.86 Å². The van der Waals surface area contributed by atoms with Crippen molar-refractivity contribution in [1.82, 2.24) is 9.13 Å². The van der Waals surface area contributed by atoms with Crippen molar-refractivity contribution in [1.29, 1.82) is 0 Å². The SMILES string of the molecule is Cn1cccc1[Si]c1cccn1C. The predicted octanol–water partition coefficient (Wildman–Crippen LogP) is 0.0186. The van der Waals surface area contributed by atoms with Gasteiger partial charge < -0.3 is 9.13 Å². The van der Waals surface area contributed by atoms with Crippen LogP contribution in [0.4, 0.5) is 0 Å². The van der Waals surface area contributed by atoms with Gasteiger partial charge in [0.1, 0.15) is 0 Å². The fourth-order valence-corrected chi connectivity index (χ4v) is 2.44. The van der Waals surface area contributed by atoms with E-state index in [4.69, 9.17) is 0 Å². The van der Waals surface area contributed by atoms with Gasteiger partial charge >= 0.3 is 0 Å². The molecule has 2 nitrogen and oxygen atoms in total. The van der Waals surface area contributed by atoms with Crippen molar-refractivity contribution < 1.29 is 0 Å². The Kier molecular flexibility index (Phi) is 2.10. The quantitative estimate of drug-likeness (QED) is 0.588. The molecule has 2 radical (unpaired) electrons. The van der Waals surface area contributed by atoms with Gasteiger partial charge in [-0.25, -0.2) is 0 Å². The first kappa shape index (κ1) is 8.38. The van der Waals surface area contributed by atoms with Crippen molar-refractivity contribution in [2.75, 3.05) is 0 Å². The van der Waals surface area contributed by atoms with Gasteiger partial charge in [0.2, 0.25) is 0 Å². The first-order valence-electron chi connectivity index (χ1n) is 4.27. The second-order valence-electron chi connectivity index (χ2n) is 3.13. The van der Waals surface area contributed by atoms with Crippen molar-refractivity contribution >= 4 is 20.2 Å². The average molecular weight is 188 g/mol. The van der Waals surface area contributed by atoms with Crippen LogP contribution < -0.4 is 10.6 Å². The van der Waals surface area contributed by atoms with Gasteiger partial charge in [0.25, 0.3) is 0 Å². The highest BCUT2D eigenvalue weighted by molar-refractivity contribution is 6.66. The van der Waals surface area contributed by atoms with Crippen LogP contribution in [0.15, 0.2) is 36.7 Å². The Morgan fingerprint density at radius 3 is 1.69 bits per heavy atom. The first-order chi connectivity index (χ1) is 6.27. The normalized spacial score (nSPS) is 10.6. The highest BCUT2D eigenvalue weighted by Gasteiger charge is 2.03. The Bertz CT molecular complexity index is 362. The zero-order chi connectivity index (χ0) is 9.26. The maximum absolute atomic E-state index is 2.17. The molecule has 0 fully saturated rings. The van der Waals surface area contributed by atoms with Gasteiger partial charge in [-0.2, -0.15) is 0 Å². The molecule has 0 aliphatic carbocycles. The summed E-state index contributed by atoms with van der Waals surface area (Å²) in [5.41, 5.74) is 0. The summed E-state index contributed by atoms with van der Waals surface area (Å²) in [5, 5.41) is 2.75. The van der Waals surface area contributed by atoms with Crippen LogP contribution in [0.3, 0.4) is 0 Å². The molecule has 13 heavy (non-hydrogen) atoms. The predicted molar refractivity (Wildman–Crippen MR) is 55.8 cm³/mol. The van der Waals surface area contributed by atoms with E-state index in [0.717, 1.165) is 9.52 Å². The Morgan fingerprint density at radius 2 is 1.38 bits per heavy atom. The van der Waals surface area contributed by atoms with Crippen LogP contribution in [0.1, 0.15) is 0 Å². The summed E-state index contributed by atoms with van der Waals surface area (Å²) in [6.07, 6.45) is 4.18. The molecule has 66 valence electrons. The summed E-state index contributed by atoms with van der Waals surface area (Å²) >= 11 is 0. The van der Waals surface area contributed by atoms with E-state index in [1.54, 1.807) is 0 Å². The van der Waals surface area contributed by atoms with E-state index in [9.17, 15) is 0 Å². The van der Waals surface area contributed by atoms with E-state index in [-0.39, 0.29) is 0 Å². The van der Waals surface area contributed by atoms with E-state index in [1.165, 1.54) is 10.6 Å². The number of hydrogen-bond donors (Lipinski definition) is 0. The highest BCUT2D eigenvalue weighted by Crippen LogP contribution is 1.85. The van der Waals surface area contributed by atoms with Crippen LogP contribution in [0.2, 0.25) is 0 Å². The molecule has 2 heterocycles. The van der Waals surface area contributed by atoms with Gasteiger partial charge in [0.05, 0.1) is 0 Å². The van der Waals surface area contributed by atoms with E-state index in [1.807, 2.05) is 0 Å². The second kappa shape index (κ2) is 3.26. The number of aromatic nitrogens is 2.